The highest BCUT2D eigenvalue weighted by molar-refractivity contribution is 7.47. The second-order valence-corrected chi connectivity index (χ2v) is 17.7. The first-order valence-electron chi connectivity index (χ1n) is 22.8. The molecule has 0 spiro atoms. The van der Waals surface area contributed by atoms with Crippen molar-refractivity contribution in [1.29, 1.82) is 0 Å². The number of allylic oxidation sites excluding steroid dienone is 14. The predicted octanol–water partition coefficient (Wildman–Crippen LogP) is 9.83. The van der Waals surface area contributed by atoms with Crippen LogP contribution in [0, 0.1) is 0 Å². The van der Waals surface area contributed by atoms with Gasteiger partial charge >= 0.3 is 27.6 Å². The largest absolute Gasteiger partial charge is 0.472 e. The van der Waals surface area contributed by atoms with E-state index in [1.807, 2.05) is 37.3 Å². The van der Waals surface area contributed by atoms with E-state index in [4.69, 9.17) is 23.8 Å². The molecule has 0 bridgehead atoms. The Hall–Kier alpha value is -3.30. The monoisotopic (exact) mass is 956 g/mol. The molecule has 1 unspecified atom stereocenters. The maximum atomic E-state index is 12.7. The number of rotatable bonds is 41. The molecule has 17 heteroatoms. The zero-order chi connectivity index (χ0) is 48.3. The Kier molecular flexibility index (Phi) is 39.9. The van der Waals surface area contributed by atoms with Gasteiger partial charge in [-0.1, -0.05) is 149 Å². The molecule has 0 heterocycles. The van der Waals surface area contributed by atoms with Gasteiger partial charge in [0.25, 0.3) is 0 Å². The molecular weight excluding hydrogens is 878 g/mol. The molecule has 0 rings (SSSR count). The van der Waals surface area contributed by atoms with Crippen LogP contribution < -0.4 is 0 Å². The van der Waals surface area contributed by atoms with E-state index in [0.717, 1.165) is 51.4 Å². The van der Waals surface area contributed by atoms with E-state index in [9.17, 15) is 38.9 Å². The molecule has 6 N–H and O–H groups in total. The van der Waals surface area contributed by atoms with Gasteiger partial charge in [0.05, 0.1) is 32.0 Å². The van der Waals surface area contributed by atoms with Crippen molar-refractivity contribution in [1.82, 2.24) is 0 Å². The highest BCUT2D eigenvalue weighted by Crippen LogP contribution is 2.43. The van der Waals surface area contributed by atoms with Crippen molar-refractivity contribution in [3.05, 3.63) is 109 Å². The molecule has 0 aromatic rings. The van der Waals surface area contributed by atoms with Crippen LogP contribution in [0.5, 0.6) is 0 Å². The van der Waals surface area contributed by atoms with Crippen LogP contribution in [0.15, 0.2) is 109 Å². The van der Waals surface area contributed by atoms with Gasteiger partial charge in [0.2, 0.25) is 0 Å². The summed E-state index contributed by atoms with van der Waals surface area (Å²) in [5.74, 6) is -1.25. The molecule has 0 saturated heterocycles. The fourth-order valence-corrected chi connectivity index (χ4v) is 6.48. The third-order valence-electron chi connectivity index (χ3n) is 8.81. The zero-order valence-corrected chi connectivity index (χ0v) is 40.3. The van der Waals surface area contributed by atoms with E-state index in [-0.39, 0.29) is 12.8 Å². The van der Waals surface area contributed by atoms with Crippen molar-refractivity contribution in [3.8, 4) is 0 Å². The minimum atomic E-state index is -4.90. The summed E-state index contributed by atoms with van der Waals surface area (Å²) in [6, 6.07) is 0. The number of carbonyl (C=O) groups is 2. The first-order chi connectivity index (χ1) is 31.2. The van der Waals surface area contributed by atoms with Gasteiger partial charge in [-0.25, -0.2) is 9.13 Å². The molecule has 0 aliphatic rings. The summed E-state index contributed by atoms with van der Waals surface area (Å²) in [6.07, 6.45) is 44.3. The van der Waals surface area contributed by atoms with Gasteiger partial charge in [0, 0.05) is 12.8 Å². The van der Waals surface area contributed by atoms with E-state index >= 15 is 0 Å². The van der Waals surface area contributed by atoms with E-state index < -0.39 is 78.4 Å². The Bertz CT molecular complexity index is 1590. The van der Waals surface area contributed by atoms with Crippen molar-refractivity contribution in [2.75, 3.05) is 26.4 Å². The molecule has 65 heavy (non-hydrogen) atoms. The third-order valence-corrected chi connectivity index (χ3v) is 10.2. The molecule has 15 nitrogen and oxygen atoms in total. The number of ether oxygens (including phenoxy) is 2. The Labute approximate surface area is 387 Å². The molecule has 0 aromatic heterocycles. The highest BCUT2D eigenvalue weighted by atomic mass is 31.2. The summed E-state index contributed by atoms with van der Waals surface area (Å²) in [7, 11) is -9.78. The maximum absolute atomic E-state index is 12.7. The Morgan fingerprint density at radius 2 is 1.11 bits per heavy atom. The topological polar surface area (TPSA) is 236 Å². The van der Waals surface area contributed by atoms with Crippen LogP contribution in [0.1, 0.15) is 129 Å². The van der Waals surface area contributed by atoms with E-state index in [2.05, 4.69) is 52.4 Å². The lowest BCUT2D eigenvalue weighted by Gasteiger charge is -2.20. The first-order valence-corrected chi connectivity index (χ1v) is 25.8. The lowest BCUT2D eigenvalue weighted by Crippen LogP contribution is -2.29. The number of phosphoric ester groups is 2. The predicted molar refractivity (Wildman–Crippen MR) is 255 cm³/mol. The van der Waals surface area contributed by atoms with E-state index in [1.165, 1.54) is 19.3 Å². The van der Waals surface area contributed by atoms with Crippen LogP contribution >= 0.6 is 15.6 Å². The first kappa shape index (κ1) is 61.7. The lowest BCUT2D eigenvalue weighted by atomic mass is 10.1. The van der Waals surface area contributed by atoms with Crippen LogP contribution in [0.2, 0.25) is 0 Å². The normalized spacial score (nSPS) is 15.9. The number of carbonyl (C=O) groups excluding carboxylic acids is 2. The molecule has 0 aliphatic carbocycles. The standard InChI is InChI=1S/C48H78O15P2/c1-3-5-7-8-9-10-11-12-13-14-15-16-17-18-22-25-31-37-47(52)59-41-46(42-62-65(57,58)61-40-45(51)39-60-64(54,55)56)63-48(53)38-32-26-30-36-44(50)35-29-24-21-19-20-23-28-34-43(49)33-27-6-4-2/h6,9-10,12-13,15-16,20-21,23-24,27-30,34-36,43-46,49-51H,3-5,7-8,11,14,17-19,22,25-26,31-33,37-42H2,1-2H3,(H,57,58)(H2,54,55,56)/b10-9-,13-12-,16-15-,23-20-,24-21-,27-6-,34-28+,35-29+,36-30-/t43-,44-,45-,46+/m0/s1. The minimum Gasteiger partial charge on any atom is -0.462 e. The molecule has 0 saturated carbocycles. The van der Waals surface area contributed by atoms with E-state index in [0.29, 0.717) is 32.1 Å². The fraction of sp³-hybridized carbons (Fsp3) is 0.583. The van der Waals surface area contributed by atoms with Crippen molar-refractivity contribution in [2.45, 2.75) is 154 Å². The third kappa shape index (κ3) is 45.6. The average molecular weight is 957 g/mol. The van der Waals surface area contributed by atoms with Crippen molar-refractivity contribution in [2.24, 2.45) is 0 Å². The number of aliphatic hydroxyl groups excluding tert-OH is 3. The molecule has 0 amide bonds. The fourth-order valence-electron chi connectivity index (χ4n) is 5.33. The summed E-state index contributed by atoms with van der Waals surface area (Å²) in [5.41, 5.74) is 0. The average Bonchev–Trinajstić information content (AvgIpc) is 3.26. The number of esters is 2. The van der Waals surface area contributed by atoms with Crippen LogP contribution in [-0.2, 0) is 41.8 Å². The Morgan fingerprint density at radius 1 is 0.538 bits per heavy atom. The number of phosphoric acid groups is 2. The Balaban J connectivity index is 4.80. The molecular formula is C48H78O15P2. The molecule has 0 aliphatic heterocycles. The molecule has 0 fully saturated rings. The second kappa shape index (κ2) is 42.1. The lowest BCUT2D eigenvalue weighted by molar-refractivity contribution is -0.161. The maximum Gasteiger partial charge on any atom is 0.472 e. The van der Waals surface area contributed by atoms with Gasteiger partial charge in [-0.2, -0.15) is 0 Å². The highest BCUT2D eigenvalue weighted by Gasteiger charge is 2.28. The van der Waals surface area contributed by atoms with Gasteiger partial charge in [-0.05, 0) is 77.0 Å². The molecule has 370 valence electrons. The van der Waals surface area contributed by atoms with Crippen molar-refractivity contribution >= 4 is 27.6 Å². The van der Waals surface area contributed by atoms with Crippen LogP contribution in [0.25, 0.3) is 0 Å². The van der Waals surface area contributed by atoms with E-state index in [1.54, 1.807) is 42.5 Å². The minimum absolute atomic E-state index is 0.0666. The summed E-state index contributed by atoms with van der Waals surface area (Å²) < 4.78 is 47.6. The molecule has 0 aromatic carbocycles. The van der Waals surface area contributed by atoms with Gasteiger partial charge in [0.1, 0.15) is 12.7 Å². The number of aliphatic hydroxyl groups is 3. The van der Waals surface area contributed by atoms with Crippen LogP contribution in [0.3, 0.4) is 0 Å². The number of hydrogen-bond acceptors (Lipinski definition) is 12. The SMILES string of the molecule is CC/C=C\C[C@H](O)/C=C/C=C\C/C=C\C=C\[C@H](O)/C=C\CCCC(=O)O[C@H](COC(=O)CCCCCC/C=C\C/C=C\C/C=C\CCCCC)COP(=O)(O)OC[C@@H](O)COP(=O)(O)O. The number of unbranched alkanes of at least 4 members (excludes halogenated alkanes) is 8. The summed E-state index contributed by atoms with van der Waals surface area (Å²) >= 11 is 0. The van der Waals surface area contributed by atoms with Crippen molar-refractivity contribution < 1.29 is 71.8 Å². The van der Waals surface area contributed by atoms with Gasteiger partial charge in [-0.3, -0.25) is 23.2 Å². The number of hydrogen-bond donors (Lipinski definition) is 6. The van der Waals surface area contributed by atoms with Crippen molar-refractivity contribution in [3.63, 3.8) is 0 Å². The Morgan fingerprint density at radius 3 is 1.77 bits per heavy atom. The van der Waals surface area contributed by atoms with Crippen LogP contribution in [-0.4, -0.2) is 92.8 Å². The summed E-state index contributed by atoms with van der Waals surface area (Å²) in [6.45, 7) is 1.28. The summed E-state index contributed by atoms with van der Waals surface area (Å²) in [4.78, 5) is 52.8. The zero-order valence-electron chi connectivity index (χ0n) is 38.5. The second-order valence-electron chi connectivity index (χ2n) is 15.0. The molecule has 5 atom stereocenters. The van der Waals surface area contributed by atoms with Crippen LogP contribution in [0.4, 0.5) is 0 Å². The summed E-state index contributed by atoms with van der Waals surface area (Å²) in [5, 5.41) is 29.8. The van der Waals surface area contributed by atoms with Gasteiger partial charge in [-0.15, -0.1) is 0 Å². The smallest absolute Gasteiger partial charge is 0.462 e. The van der Waals surface area contributed by atoms with Gasteiger partial charge in [0.15, 0.2) is 6.10 Å². The molecule has 0 radical (unpaired) electrons. The quantitative estimate of drug-likeness (QED) is 0.0110. The van der Waals surface area contributed by atoms with Gasteiger partial charge < -0.3 is 39.5 Å².